The molecule has 0 bridgehead atoms. The molecule has 0 aromatic carbocycles. The number of aromatic hydroxyl groups is 1. The third-order valence-corrected chi connectivity index (χ3v) is 2.39. The lowest BCUT2D eigenvalue weighted by Crippen LogP contribution is -2.15. The predicted molar refractivity (Wildman–Crippen MR) is 49.2 cm³/mol. The highest BCUT2D eigenvalue weighted by molar-refractivity contribution is 5.27. The molecule has 0 aliphatic heterocycles. The van der Waals surface area contributed by atoms with E-state index >= 15 is 0 Å². The summed E-state index contributed by atoms with van der Waals surface area (Å²) >= 11 is 0. The molecule has 2 heteroatoms. The molecule has 1 rings (SSSR count). The zero-order valence-corrected chi connectivity index (χ0v) is 7.83. The molecule has 0 saturated carbocycles. The Morgan fingerprint density at radius 1 is 1.42 bits per heavy atom. The highest BCUT2D eigenvalue weighted by Gasteiger charge is 2.18. The second kappa shape index (κ2) is 3.13. The normalized spacial score (nSPS) is 11.6. The fourth-order valence-electron chi connectivity index (χ4n) is 1.00. The molecule has 1 heterocycles. The molecule has 0 unspecified atom stereocenters. The van der Waals surface area contributed by atoms with E-state index in [9.17, 15) is 5.11 Å². The Hall–Kier alpha value is -1.05. The summed E-state index contributed by atoms with van der Waals surface area (Å²) < 4.78 is 0. The van der Waals surface area contributed by atoms with Gasteiger partial charge in [0.25, 0.3) is 0 Å². The van der Waals surface area contributed by atoms with Crippen molar-refractivity contribution in [3.05, 3.63) is 24.0 Å². The molecule has 0 radical (unpaired) electrons. The zero-order valence-electron chi connectivity index (χ0n) is 7.83. The molecular weight excluding hydrogens is 150 g/mol. The summed E-state index contributed by atoms with van der Waals surface area (Å²) in [5, 5.41) is 9.21. The maximum atomic E-state index is 9.21. The van der Waals surface area contributed by atoms with Gasteiger partial charge in [0.15, 0.2) is 0 Å². The van der Waals surface area contributed by atoms with Gasteiger partial charge in [-0.2, -0.15) is 0 Å². The van der Waals surface area contributed by atoms with Crippen LogP contribution in [0.2, 0.25) is 0 Å². The molecule has 0 amide bonds. The minimum Gasteiger partial charge on any atom is -0.506 e. The second-order valence-electron chi connectivity index (χ2n) is 3.67. The van der Waals surface area contributed by atoms with E-state index in [4.69, 9.17) is 0 Å². The number of rotatable bonds is 2. The first-order valence-electron chi connectivity index (χ1n) is 4.21. The largest absolute Gasteiger partial charge is 0.506 e. The molecular formula is C10H15NO. The van der Waals surface area contributed by atoms with Crippen molar-refractivity contribution in [1.29, 1.82) is 0 Å². The Labute approximate surface area is 73.3 Å². The number of pyridine rings is 1. The molecule has 0 spiro atoms. The number of aromatic nitrogens is 1. The minimum absolute atomic E-state index is 0.103. The predicted octanol–water partition coefficient (Wildman–Crippen LogP) is 2.47. The third-order valence-electron chi connectivity index (χ3n) is 2.39. The lowest BCUT2D eigenvalue weighted by Gasteiger charge is -2.22. The molecule has 66 valence electrons. The van der Waals surface area contributed by atoms with Crippen molar-refractivity contribution < 1.29 is 5.11 Å². The van der Waals surface area contributed by atoms with Crippen molar-refractivity contribution in [2.75, 3.05) is 0 Å². The van der Waals surface area contributed by atoms with Gasteiger partial charge < -0.3 is 5.11 Å². The average Bonchev–Trinajstić information content (AvgIpc) is 2.05. The molecule has 0 fully saturated rings. The van der Waals surface area contributed by atoms with Gasteiger partial charge in [0.1, 0.15) is 5.75 Å². The smallest absolute Gasteiger partial charge is 0.134 e. The standard InChI is InChI=1S/C10H15NO/c1-4-10(2,3)8-5-9(12)7-11-6-8/h5-7,12H,4H2,1-3H3. The van der Waals surface area contributed by atoms with Crippen molar-refractivity contribution in [3.8, 4) is 5.75 Å². The van der Waals surface area contributed by atoms with E-state index in [0.717, 1.165) is 12.0 Å². The van der Waals surface area contributed by atoms with Crippen molar-refractivity contribution >= 4 is 0 Å². The summed E-state index contributed by atoms with van der Waals surface area (Å²) in [6, 6.07) is 1.77. The van der Waals surface area contributed by atoms with E-state index < -0.39 is 0 Å². The summed E-state index contributed by atoms with van der Waals surface area (Å²) in [5.41, 5.74) is 1.19. The van der Waals surface area contributed by atoms with Gasteiger partial charge in [-0.3, -0.25) is 4.98 Å². The molecule has 0 aliphatic rings. The second-order valence-corrected chi connectivity index (χ2v) is 3.67. The van der Waals surface area contributed by atoms with Gasteiger partial charge in [-0.15, -0.1) is 0 Å². The van der Waals surface area contributed by atoms with Crippen LogP contribution >= 0.6 is 0 Å². The van der Waals surface area contributed by atoms with Gasteiger partial charge >= 0.3 is 0 Å². The molecule has 0 saturated heterocycles. The lowest BCUT2D eigenvalue weighted by molar-refractivity contribution is 0.460. The monoisotopic (exact) mass is 165 g/mol. The third kappa shape index (κ3) is 1.76. The maximum Gasteiger partial charge on any atom is 0.134 e. The Balaban J connectivity index is 3.03. The van der Waals surface area contributed by atoms with Crippen molar-refractivity contribution in [1.82, 2.24) is 4.98 Å². The van der Waals surface area contributed by atoms with Gasteiger partial charge in [0.2, 0.25) is 0 Å². The van der Waals surface area contributed by atoms with Crippen molar-refractivity contribution in [3.63, 3.8) is 0 Å². The van der Waals surface area contributed by atoms with Gasteiger partial charge in [-0.05, 0) is 23.5 Å². The lowest BCUT2D eigenvalue weighted by atomic mass is 9.83. The van der Waals surface area contributed by atoms with Crippen LogP contribution in [-0.4, -0.2) is 10.1 Å². The number of hydrogen-bond donors (Lipinski definition) is 1. The van der Waals surface area contributed by atoms with Crippen molar-refractivity contribution in [2.45, 2.75) is 32.6 Å². The van der Waals surface area contributed by atoms with Crippen LogP contribution in [0.25, 0.3) is 0 Å². The Morgan fingerprint density at radius 2 is 2.08 bits per heavy atom. The van der Waals surface area contributed by atoms with E-state index in [1.165, 1.54) is 6.20 Å². The van der Waals surface area contributed by atoms with Crippen LogP contribution in [0.15, 0.2) is 18.5 Å². The summed E-state index contributed by atoms with van der Waals surface area (Å²) in [7, 11) is 0. The average molecular weight is 165 g/mol. The van der Waals surface area contributed by atoms with Crippen LogP contribution in [0.4, 0.5) is 0 Å². The Morgan fingerprint density at radius 3 is 2.58 bits per heavy atom. The van der Waals surface area contributed by atoms with Crippen LogP contribution in [0.3, 0.4) is 0 Å². The van der Waals surface area contributed by atoms with Gasteiger partial charge in [0.05, 0.1) is 6.20 Å². The van der Waals surface area contributed by atoms with Crippen LogP contribution < -0.4 is 0 Å². The molecule has 0 aliphatic carbocycles. The quantitative estimate of drug-likeness (QED) is 0.730. The summed E-state index contributed by atoms with van der Waals surface area (Å²) in [5.74, 6) is 0.244. The van der Waals surface area contributed by atoms with Crippen LogP contribution in [0.1, 0.15) is 32.8 Å². The fraction of sp³-hybridized carbons (Fsp3) is 0.500. The Kier molecular flexibility index (Phi) is 2.36. The fourth-order valence-corrected chi connectivity index (χ4v) is 1.00. The first kappa shape index (κ1) is 9.04. The van der Waals surface area contributed by atoms with E-state index in [-0.39, 0.29) is 11.2 Å². The first-order valence-corrected chi connectivity index (χ1v) is 4.21. The van der Waals surface area contributed by atoms with Crippen LogP contribution in [0, 0.1) is 0 Å². The van der Waals surface area contributed by atoms with E-state index in [1.807, 2.05) is 6.20 Å². The molecule has 1 N–H and O–H groups in total. The molecule has 1 aromatic rings. The summed E-state index contributed by atoms with van der Waals surface area (Å²) in [4.78, 5) is 3.95. The highest BCUT2D eigenvalue weighted by Crippen LogP contribution is 2.27. The highest BCUT2D eigenvalue weighted by atomic mass is 16.3. The SMILES string of the molecule is CCC(C)(C)c1cncc(O)c1. The molecule has 1 aromatic heterocycles. The number of hydrogen-bond acceptors (Lipinski definition) is 2. The topological polar surface area (TPSA) is 33.1 Å². The number of nitrogens with zero attached hydrogens (tertiary/aromatic N) is 1. The summed E-state index contributed by atoms with van der Waals surface area (Å²) in [6.07, 6.45) is 4.30. The molecule has 0 atom stereocenters. The molecule has 12 heavy (non-hydrogen) atoms. The Bertz CT molecular complexity index is 268. The first-order chi connectivity index (χ1) is 5.56. The van der Waals surface area contributed by atoms with Crippen LogP contribution in [0.5, 0.6) is 5.75 Å². The van der Waals surface area contributed by atoms with Crippen molar-refractivity contribution in [2.24, 2.45) is 0 Å². The van der Waals surface area contributed by atoms with Gasteiger partial charge in [0, 0.05) is 6.20 Å². The molecule has 2 nitrogen and oxygen atoms in total. The van der Waals surface area contributed by atoms with E-state index in [2.05, 4.69) is 25.8 Å². The van der Waals surface area contributed by atoms with E-state index in [1.54, 1.807) is 6.07 Å². The minimum atomic E-state index is 0.103. The van der Waals surface area contributed by atoms with Gasteiger partial charge in [-0.25, -0.2) is 0 Å². The maximum absolute atomic E-state index is 9.21. The zero-order chi connectivity index (χ0) is 9.19. The van der Waals surface area contributed by atoms with Crippen LogP contribution in [-0.2, 0) is 5.41 Å². The van der Waals surface area contributed by atoms with Gasteiger partial charge in [-0.1, -0.05) is 20.8 Å². The van der Waals surface area contributed by atoms with E-state index in [0.29, 0.717) is 0 Å². The summed E-state index contributed by atoms with van der Waals surface area (Å²) in [6.45, 7) is 6.41.